The van der Waals surface area contributed by atoms with Crippen LogP contribution in [0.4, 0.5) is 4.79 Å². The summed E-state index contributed by atoms with van der Waals surface area (Å²) < 4.78 is 0. The number of aliphatic hydroxyl groups excluding tert-OH is 1. The van der Waals surface area contributed by atoms with Gasteiger partial charge in [0, 0.05) is 12.8 Å². The van der Waals surface area contributed by atoms with Gasteiger partial charge < -0.3 is 10.2 Å². The van der Waals surface area contributed by atoms with Gasteiger partial charge in [-0.15, -0.1) is 0 Å². The van der Waals surface area contributed by atoms with Crippen molar-refractivity contribution in [3.63, 3.8) is 0 Å². The molecule has 96 valence electrons. The van der Waals surface area contributed by atoms with Gasteiger partial charge in [0.1, 0.15) is 0 Å². The Bertz CT molecular complexity index is 427. The Labute approximate surface area is 103 Å². The highest BCUT2D eigenvalue weighted by Crippen LogP contribution is 2.10. The van der Waals surface area contributed by atoms with Crippen LogP contribution in [-0.4, -0.2) is 33.0 Å². The first-order valence-electron chi connectivity index (χ1n) is 5.29. The Balaban J connectivity index is 0.000000184. The molecule has 2 N–H and O–H groups in total. The lowest BCUT2D eigenvalue weighted by molar-refractivity contribution is -0.135. The lowest BCUT2D eigenvalue weighted by Gasteiger charge is -2.03. The van der Waals surface area contributed by atoms with Gasteiger partial charge in [0.2, 0.25) is 11.8 Å². The smallest absolute Gasteiger partial charge is 0.421 e. The number of hydrogen-bond donors (Lipinski definition) is 2. The van der Waals surface area contributed by atoms with Crippen LogP contribution in [0.15, 0.2) is 30.3 Å². The molecule has 0 atom stereocenters. The predicted molar refractivity (Wildman–Crippen MR) is 61.5 cm³/mol. The van der Waals surface area contributed by atoms with Gasteiger partial charge >= 0.3 is 6.09 Å². The molecule has 18 heavy (non-hydrogen) atoms. The molecule has 0 aliphatic carbocycles. The zero-order valence-electron chi connectivity index (χ0n) is 9.57. The lowest BCUT2D eigenvalue weighted by atomic mass is 10.2. The van der Waals surface area contributed by atoms with Gasteiger partial charge in [-0.2, -0.15) is 4.90 Å². The molecule has 1 saturated heterocycles. The fourth-order valence-electron chi connectivity index (χ4n) is 1.37. The van der Waals surface area contributed by atoms with Crippen molar-refractivity contribution in [3.05, 3.63) is 35.9 Å². The summed E-state index contributed by atoms with van der Waals surface area (Å²) in [5, 5.41) is 16.8. The number of amides is 3. The van der Waals surface area contributed by atoms with E-state index in [0.29, 0.717) is 0 Å². The first-order valence-corrected chi connectivity index (χ1v) is 5.29. The average Bonchev–Trinajstić information content (AvgIpc) is 2.71. The quantitative estimate of drug-likeness (QED) is 0.726. The molecule has 1 aliphatic rings. The molecule has 1 fully saturated rings. The van der Waals surface area contributed by atoms with Crippen LogP contribution >= 0.6 is 0 Å². The zero-order valence-corrected chi connectivity index (χ0v) is 9.57. The van der Waals surface area contributed by atoms with E-state index in [4.69, 9.17) is 10.2 Å². The van der Waals surface area contributed by atoms with E-state index >= 15 is 0 Å². The van der Waals surface area contributed by atoms with Crippen molar-refractivity contribution >= 4 is 17.9 Å². The number of benzene rings is 1. The fraction of sp³-hybridized carbons (Fsp3) is 0.250. The number of hydrogen-bond acceptors (Lipinski definition) is 4. The Morgan fingerprint density at radius 1 is 1.11 bits per heavy atom. The molecule has 6 nitrogen and oxygen atoms in total. The summed E-state index contributed by atoms with van der Waals surface area (Å²) in [4.78, 5) is 31.5. The molecular formula is C12H13NO5. The summed E-state index contributed by atoms with van der Waals surface area (Å²) in [6.07, 6.45) is -1.44. The van der Waals surface area contributed by atoms with Crippen LogP contribution in [0.3, 0.4) is 0 Å². The van der Waals surface area contributed by atoms with Gasteiger partial charge in [0.15, 0.2) is 0 Å². The Kier molecular flexibility index (Phi) is 5.01. The zero-order chi connectivity index (χ0) is 13.5. The van der Waals surface area contributed by atoms with Gasteiger partial charge in [-0.3, -0.25) is 9.59 Å². The molecule has 1 aromatic rings. The minimum Gasteiger partial charge on any atom is -0.464 e. The van der Waals surface area contributed by atoms with Crippen LogP contribution < -0.4 is 0 Å². The molecule has 1 aliphatic heterocycles. The van der Waals surface area contributed by atoms with Gasteiger partial charge in [0.25, 0.3) is 0 Å². The van der Waals surface area contributed by atoms with E-state index in [2.05, 4.69) is 0 Å². The Morgan fingerprint density at radius 3 is 1.89 bits per heavy atom. The second kappa shape index (κ2) is 6.51. The van der Waals surface area contributed by atoms with Crippen molar-refractivity contribution in [1.82, 2.24) is 4.90 Å². The Morgan fingerprint density at radius 2 is 1.61 bits per heavy atom. The number of likely N-dealkylation sites (tertiary alicyclic amines) is 1. The molecular weight excluding hydrogens is 238 g/mol. The molecule has 0 aromatic heterocycles. The van der Waals surface area contributed by atoms with Crippen LogP contribution in [0.2, 0.25) is 0 Å². The monoisotopic (exact) mass is 251 g/mol. The van der Waals surface area contributed by atoms with Crippen LogP contribution in [0.5, 0.6) is 0 Å². The maximum absolute atomic E-state index is 10.6. The number of nitrogens with zero attached hydrogens (tertiary/aromatic N) is 1. The van der Waals surface area contributed by atoms with E-state index in [1.807, 2.05) is 30.3 Å². The summed E-state index contributed by atoms with van der Waals surface area (Å²) in [5.41, 5.74) is 0.965. The predicted octanol–water partition coefficient (Wildman–Crippen LogP) is 0.992. The van der Waals surface area contributed by atoms with Crippen molar-refractivity contribution < 1.29 is 24.6 Å². The van der Waals surface area contributed by atoms with E-state index in [0.717, 1.165) is 5.56 Å². The van der Waals surface area contributed by atoms with Crippen molar-refractivity contribution in [2.45, 2.75) is 19.4 Å². The van der Waals surface area contributed by atoms with Crippen LogP contribution in [0.1, 0.15) is 18.4 Å². The minimum absolute atomic E-state index is 0.0190. The number of imide groups is 3. The first kappa shape index (κ1) is 13.9. The summed E-state index contributed by atoms with van der Waals surface area (Å²) in [7, 11) is 0. The van der Waals surface area contributed by atoms with Crippen molar-refractivity contribution in [2.24, 2.45) is 0 Å². The number of carboxylic acid groups (broad SMARTS) is 1. The number of carbonyl (C=O) groups is 3. The number of carbonyl (C=O) groups excluding carboxylic acids is 2. The second-order valence-electron chi connectivity index (χ2n) is 3.55. The lowest BCUT2D eigenvalue weighted by Crippen LogP contribution is -2.33. The maximum Gasteiger partial charge on any atom is 0.421 e. The van der Waals surface area contributed by atoms with Crippen LogP contribution in [0.25, 0.3) is 0 Å². The molecule has 0 radical (unpaired) electrons. The van der Waals surface area contributed by atoms with E-state index in [1.54, 1.807) is 0 Å². The van der Waals surface area contributed by atoms with E-state index < -0.39 is 17.9 Å². The topological polar surface area (TPSA) is 94.9 Å². The molecule has 0 spiro atoms. The number of rotatable bonds is 1. The molecule has 0 unspecified atom stereocenters. The molecule has 0 saturated carbocycles. The Hall–Kier alpha value is -2.21. The van der Waals surface area contributed by atoms with E-state index in [1.165, 1.54) is 0 Å². The van der Waals surface area contributed by atoms with Gasteiger partial charge in [-0.1, -0.05) is 30.3 Å². The highest BCUT2D eigenvalue weighted by atomic mass is 16.4. The van der Waals surface area contributed by atoms with Crippen LogP contribution in [-0.2, 0) is 16.2 Å². The summed E-state index contributed by atoms with van der Waals surface area (Å²) in [6, 6.07) is 9.52. The van der Waals surface area contributed by atoms with Crippen LogP contribution in [0, 0.1) is 0 Å². The maximum atomic E-state index is 10.6. The van der Waals surface area contributed by atoms with Crippen molar-refractivity contribution in [1.29, 1.82) is 0 Å². The normalized spacial score (nSPS) is 14.2. The molecule has 0 bridgehead atoms. The third-order valence-corrected chi connectivity index (χ3v) is 2.27. The van der Waals surface area contributed by atoms with Gasteiger partial charge in [-0.05, 0) is 5.56 Å². The van der Waals surface area contributed by atoms with Crippen molar-refractivity contribution in [2.75, 3.05) is 0 Å². The first-order chi connectivity index (χ1) is 8.56. The number of aliphatic hydroxyl groups is 1. The second-order valence-corrected chi connectivity index (χ2v) is 3.55. The summed E-state index contributed by atoms with van der Waals surface area (Å²) in [6.45, 7) is 0.140. The standard InChI is InChI=1S/C7H8O.C5H5NO4/c8-6-7-4-2-1-3-5-7;7-3-1-2-4(8)6(3)5(9)10/h1-5,8H,6H2;1-2H2,(H,9,10). The average molecular weight is 251 g/mol. The highest BCUT2D eigenvalue weighted by molar-refractivity contribution is 6.12. The summed E-state index contributed by atoms with van der Waals surface area (Å²) >= 11 is 0. The molecule has 6 heteroatoms. The fourth-order valence-corrected chi connectivity index (χ4v) is 1.37. The largest absolute Gasteiger partial charge is 0.464 e. The molecule has 3 amide bonds. The highest BCUT2D eigenvalue weighted by Gasteiger charge is 2.33. The molecule has 2 rings (SSSR count). The van der Waals surface area contributed by atoms with E-state index in [-0.39, 0.29) is 24.3 Å². The molecule has 1 heterocycles. The van der Waals surface area contributed by atoms with Gasteiger partial charge in [-0.25, -0.2) is 4.79 Å². The minimum atomic E-state index is -1.48. The van der Waals surface area contributed by atoms with E-state index in [9.17, 15) is 14.4 Å². The third-order valence-electron chi connectivity index (χ3n) is 2.27. The molecule has 1 aromatic carbocycles. The SMILES string of the molecule is O=C(O)N1C(=O)CCC1=O.OCc1ccccc1. The third kappa shape index (κ3) is 3.67. The summed E-state index contributed by atoms with van der Waals surface area (Å²) in [5.74, 6) is -1.25. The van der Waals surface area contributed by atoms with Gasteiger partial charge in [0.05, 0.1) is 6.61 Å². The van der Waals surface area contributed by atoms with Crippen molar-refractivity contribution in [3.8, 4) is 0 Å².